The third-order valence-electron chi connectivity index (χ3n) is 3.96. The standard InChI is InChI=1S/C20H21ClN4O3S/c1-12-9-18(22)25-20(24-12)23-7-8-28-11-14-4-6-17(29-14)16-10-13(21)3-5-15(16)19(26)27-2/h3-6,9-10H,7-8,11H2,1-2H3,(H3,22,23,24,25). The van der Waals surface area contributed by atoms with Crippen molar-refractivity contribution in [2.45, 2.75) is 13.5 Å². The number of nitrogens with two attached hydrogens (primary N) is 1. The monoisotopic (exact) mass is 432 g/mol. The fourth-order valence-electron chi connectivity index (χ4n) is 2.69. The smallest absolute Gasteiger partial charge is 0.338 e. The maximum atomic E-state index is 12.0. The number of methoxy groups -OCH3 is 1. The minimum absolute atomic E-state index is 0.395. The lowest BCUT2D eigenvalue weighted by molar-refractivity contribution is 0.0601. The first-order chi connectivity index (χ1) is 14.0. The highest BCUT2D eigenvalue weighted by Crippen LogP contribution is 2.33. The molecule has 0 fully saturated rings. The van der Waals surface area contributed by atoms with Gasteiger partial charge in [0.15, 0.2) is 0 Å². The predicted molar refractivity (Wildman–Crippen MR) is 115 cm³/mol. The second-order valence-electron chi connectivity index (χ2n) is 6.18. The number of nitrogens with zero attached hydrogens (tertiary/aromatic N) is 2. The first-order valence-corrected chi connectivity index (χ1v) is 10.1. The van der Waals surface area contributed by atoms with Crippen LogP contribution in [0.5, 0.6) is 0 Å². The van der Waals surface area contributed by atoms with Crippen LogP contribution in [0.1, 0.15) is 20.9 Å². The molecule has 2 heterocycles. The first kappa shape index (κ1) is 21.0. The lowest BCUT2D eigenvalue weighted by Gasteiger charge is -2.07. The molecule has 3 aromatic rings. The highest BCUT2D eigenvalue weighted by molar-refractivity contribution is 7.15. The van der Waals surface area contributed by atoms with E-state index in [-0.39, 0.29) is 0 Å². The third-order valence-corrected chi connectivity index (χ3v) is 5.29. The van der Waals surface area contributed by atoms with Gasteiger partial charge in [-0.2, -0.15) is 4.98 Å². The van der Waals surface area contributed by atoms with Gasteiger partial charge in [0.05, 0.1) is 25.9 Å². The van der Waals surface area contributed by atoms with Crippen molar-refractivity contribution in [1.29, 1.82) is 0 Å². The van der Waals surface area contributed by atoms with Crippen LogP contribution in [0.15, 0.2) is 36.4 Å². The number of halogens is 1. The number of nitrogens with one attached hydrogen (secondary N) is 1. The first-order valence-electron chi connectivity index (χ1n) is 8.86. The topological polar surface area (TPSA) is 99.4 Å². The van der Waals surface area contributed by atoms with Crippen molar-refractivity contribution in [3.05, 3.63) is 57.6 Å². The van der Waals surface area contributed by atoms with E-state index in [1.165, 1.54) is 7.11 Å². The summed E-state index contributed by atoms with van der Waals surface area (Å²) in [4.78, 5) is 22.4. The van der Waals surface area contributed by atoms with E-state index < -0.39 is 5.97 Å². The Bertz CT molecular complexity index is 989. The van der Waals surface area contributed by atoms with Crippen LogP contribution in [0.25, 0.3) is 10.4 Å². The highest BCUT2D eigenvalue weighted by Gasteiger charge is 2.15. The van der Waals surface area contributed by atoms with Crippen LogP contribution in [0.2, 0.25) is 5.02 Å². The van der Waals surface area contributed by atoms with Crippen molar-refractivity contribution in [2.75, 3.05) is 31.3 Å². The molecule has 9 heteroatoms. The summed E-state index contributed by atoms with van der Waals surface area (Å²) < 4.78 is 10.6. The van der Waals surface area contributed by atoms with Crippen molar-refractivity contribution < 1.29 is 14.3 Å². The number of ether oxygens (including phenoxy) is 2. The van der Waals surface area contributed by atoms with Gasteiger partial charge in [-0.1, -0.05) is 11.6 Å². The number of hydrogen-bond donors (Lipinski definition) is 2. The average molecular weight is 433 g/mol. The SMILES string of the molecule is COC(=O)c1ccc(Cl)cc1-c1ccc(COCCNc2nc(C)cc(N)n2)s1. The molecule has 3 rings (SSSR count). The molecule has 0 aliphatic rings. The maximum absolute atomic E-state index is 12.0. The van der Waals surface area contributed by atoms with E-state index in [1.807, 2.05) is 19.1 Å². The van der Waals surface area contributed by atoms with E-state index in [4.69, 9.17) is 26.8 Å². The van der Waals surface area contributed by atoms with Crippen molar-refractivity contribution in [1.82, 2.24) is 9.97 Å². The predicted octanol–water partition coefficient (Wildman–Crippen LogP) is 4.16. The number of carbonyl (C=O) groups excluding carboxylic acids is 1. The minimum Gasteiger partial charge on any atom is -0.465 e. The zero-order valence-corrected chi connectivity index (χ0v) is 17.6. The summed E-state index contributed by atoms with van der Waals surface area (Å²) in [5.41, 5.74) is 7.74. The number of rotatable bonds is 8. The molecular weight excluding hydrogens is 412 g/mol. The maximum Gasteiger partial charge on any atom is 0.338 e. The van der Waals surface area contributed by atoms with Crippen LogP contribution >= 0.6 is 22.9 Å². The summed E-state index contributed by atoms with van der Waals surface area (Å²) in [5, 5.41) is 3.65. The number of aryl methyl sites for hydroxylation is 1. The quantitative estimate of drug-likeness (QED) is 0.407. The number of thiophene rings is 1. The molecule has 0 aliphatic carbocycles. The van der Waals surface area contributed by atoms with Gasteiger partial charge in [0.2, 0.25) is 5.95 Å². The summed E-state index contributed by atoms with van der Waals surface area (Å²) in [5.74, 6) is 0.521. The van der Waals surface area contributed by atoms with Crippen LogP contribution in [-0.4, -0.2) is 36.2 Å². The van der Waals surface area contributed by atoms with Gasteiger partial charge in [0, 0.05) is 38.6 Å². The molecule has 0 amide bonds. The third kappa shape index (κ3) is 5.66. The van der Waals surface area contributed by atoms with Gasteiger partial charge < -0.3 is 20.5 Å². The van der Waals surface area contributed by atoms with Crippen molar-refractivity contribution in [3.63, 3.8) is 0 Å². The lowest BCUT2D eigenvalue weighted by Crippen LogP contribution is -2.12. The largest absolute Gasteiger partial charge is 0.465 e. The summed E-state index contributed by atoms with van der Waals surface area (Å²) in [7, 11) is 1.36. The van der Waals surface area contributed by atoms with Gasteiger partial charge in [0.25, 0.3) is 0 Å². The van der Waals surface area contributed by atoms with Crippen molar-refractivity contribution in [2.24, 2.45) is 0 Å². The lowest BCUT2D eigenvalue weighted by atomic mass is 10.1. The number of carbonyl (C=O) groups is 1. The van der Waals surface area contributed by atoms with Crippen molar-refractivity contribution >= 4 is 40.7 Å². The summed E-state index contributed by atoms with van der Waals surface area (Å²) in [6, 6.07) is 10.7. The Labute approximate surface area is 177 Å². The Morgan fingerprint density at radius 2 is 2.07 bits per heavy atom. The molecule has 2 aromatic heterocycles. The molecule has 152 valence electrons. The number of anilines is 2. The van der Waals surface area contributed by atoms with Gasteiger partial charge in [-0.15, -0.1) is 11.3 Å². The van der Waals surface area contributed by atoms with Crippen LogP contribution < -0.4 is 11.1 Å². The van der Waals surface area contributed by atoms with E-state index in [1.54, 1.807) is 35.6 Å². The number of aromatic nitrogens is 2. The van der Waals surface area contributed by atoms with E-state index >= 15 is 0 Å². The number of hydrogen-bond acceptors (Lipinski definition) is 8. The normalized spacial score (nSPS) is 10.7. The zero-order valence-electron chi connectivity index (χ0n) is 16.1. The Hall–Kier alpha value is -2.68. The Kier molecular flexibility index (Phi) is 7.03. The molecule has 0 unspecified atom stereocenters. The molecule has 0 spiro atoms. The highest BCUT2D eigenvalue weighted by atomic mass is 35.5. The summed E-state index contributed by atoms with van der Waals surface area (Å²) in [6.45, 7) is 3.35. The molecule has 0 saturated carbocycles. The van der Waals surface area contributed by atoms with Crippen LogP contribution in [-0.2, 0) is 16.1 Å². The summed E-state index contributed by atoms with van der Waals surface area (Å²) >= 11 is 7.65. The van der Waals surface area contributed by atoms with Gasteiger partial charge in [-0.25, -0.2) is 9.78 Å². The summed E-state index contributed by atoms with van der Waals surface area (Å²) in [6.07, 6.45) is 0. The molecule has 0 atom stereocenters. The van der Waals surface area contributed by atoms with Crippen LogP contribution in [0, 0.1) is 6.92 Å². The van der Waals surface area contributed by atoms with E-state index in [0.29, 0.717) is 42.1 Å². The van der Waals surface area contributed by atoms with Gasteiger partial charge in [-0.05, 0) is 37.3 Å². The fraction of sp³-hybridized carbons (Fsp3) is 0.250. The van der Waals surface area contributed by atoms with E-state index in [2.05, 4.69) is 15.3 Å². The molecule has 0 aliphatic heterocycles. The second-order valence-corrected chi connectivity index (χ2v) is 7.79. The Balaban J connectivity index is 1.56. The van der Waals surface area contributed by atoms with Crippen LogP contribution in [0.4, 0.5) is 11.8 Å². The molecule has 3 N–H and O–H groups in total. The second kappa shape index (κ2) is 9.69. The fourth-order valence-corrected chi connectivity index (χ4v) is 3.84. The molecule has 0 radical (unpaired) electrons. The number of nitrogen functional groups attached to an aromatic ring is 1. The van der Waals surface area contributed by atoms with Gasteiger partial charge in [-0.3, -0.25) is 0 Å². The Morgan fingerprint density at radius 1 is 1.24 bits per heavy atom. The van der Waals surface area contributed by atoms with Gasteiger partial charge >= 0.3 is 5.97 Å². The molecule has 29 heavy (non-hydrogen) atoms. The number of benzene rings is 1. The number of esters is 1. The zero-order chi connectivity index (χ0) is 20.8. The van der Waals surface area contributed by atoms with E-state index in [0.717, 1.165) is 21.0 Å². The van der Waals surface area contributed by atoms with Crippen LogP contribution in [0.3, 0.4) is 0 Å². The van der Waals surface area contributed by atoms with Crippen molar-refractivity contribution in [3.8, 4) is 10.4 Å². The molecule has 0 bridgehead atoms. The molecule has 1 aromatic carbocycles. The van der Waals surface area contributed by atoms with Gasteiger partial charge in [0.1, 0.15) is 5.82 Å². The molecular formula is C20H21ClN4O3S. The molecule has 7 nitrogen and oxygen atoms in total. The molecule has 0 saturated heterocycles. The Morgan fingerprint density at radius 3 is 2.83 bits per heavy atom. The van der Waals surface area contributed by atoms with E-state index in [9.17, 15) is 4.79 Å². The minimum atomic E-state index is -0.395. The average Bonchev–Trinajstić information content (AvgIpc) is 3.15.